The van der Waals surface area contributed by atoms with Gasteiger partial charge < -0.3 is 19.7 Å². The Morgan fingerprint density at radius 2 is 2.18 bits per heavy atom. The number of amides is 1. The summed E-state index contributed by atoms with van der Waals surface area (Å²) < 4.78 is 10.7. The molecule has 3 rings (SSSR count). The summed E-state index contributed by atoms with van der Waals surface area (Å²) in [6, 6.07) is -0.425. The number of piperazine rings is 1. The molecule has 3 fully saturated rings. The molecule has 2 unspecified atom stereocenters. The van der Waals surface area contributed by atoms with Crippen LogP contribution in [-0.2, 0) is 19.1 Å². The van der Waals surface area contributed by atoms with Gasteiger partial charge in [0.2, 0.25) is 5.91 Å². The SMILES string of the molecule is O=C(CC1NCCN(CC2CCC2)C1=O)OCC1CCCO1. The average Bonchev–Trinajstić information content (AvgIpc) is 2.97. The minimum Gasteiger partial charge on any atom is -0.463 e. The van der Waals surface area contributed by atoms with Crippen LogP contribution in [0.4, 0.5) is 0 Å². The van der Waals surface area contributed by atoms with E-state index in [1.165, 1.54) is 19.3 Å². The Labute approximate surface area is 131 Å². The molecule has 1 amide bonds. The molecule has 1 N–H and O–H groups in total. The summed E-state index contributed by atoms with van der Waals surface area (Å²) in [6.45, 7) is 3.41. The largest absolute Gasteiger partial charge is 0.463 e. The van der Waals surface area contributed by atoms with Crippen LogP contribution in [0.3, 0.4) is 0 Å². The predicted molar refractivity (Wildman–Crippen MR) is 80.3 cm³/mol. The van der Waals surface area contributed by atoms with E-state index in [1.807, 2.05) is 4.90 Å². The van der Waals surface area contributed by atoms with Crippen molar-refractivity contribution in [1.29, 1.82) is 0 Å². The quantitative estimate of drug-likeness (QED) is 0.732. The highest BCUT2D eigenvalue weighted by Gasteiger charge is 2.33. The summed E-state index contributed by atoms with van der Waals surface area (Å²) in [7, 11) is 0. The highest BCUT2D eigenvalue weighted by Crippen LogP contribution is 2.27. The first-order chi connectivity index (χ1) is 10.7. The van der Waals surface area contributed by atoms with Gasteiger partial charge in [0.25, 0.3) is 0 Å². The van der Waals surface area contributed by atoms with Crippen LogP contribution in [0, 0.1) is 5.92 Å². The lowest BCUT2D eigenvalue weighted by Crippen LogP contribution is -2.57. The molecule has 3 aliphatic rings. The molecule has 0 radical (unpaired) electrons. The van der Waals surface area contributed by atoms with Gasteiger partial charge in [-0.05, 0) is 31.6 Å². The molecule has 2 heterocycles. The number of ether oxygens (including phenoxy) is 2. The predicted octanol–water partition coefficient (Wildman–Crippen LogP) is 0.699. The summed E-state index contributed by atoms with van der Waals surface area (Å²) in [5.74, 6) is 0.397. The summed E-state index contributed by atoms with van der Waals surface area (Å²) >= 11 is 0. The Balaban J connectivity index is 1.41. The Hall–Kier alpha value is -1.14. The fourth-order valence-electron chi connectivity index (χ4n) is 3.31. The zero-order valence-corrected chi connectivity index (χ0v) is 13.1. The maximum Gasteiger partial charge on any atom is 0.308 e. The van der Waals surface area contributed by atoms with Crippen molar-refractivity contribution in [2.24, 2.45) is 5.92 Å². The zero-order chi connectivity index (χ0) is 15.4. The molecule has 124 valence electrons. The second kappa shape index (κ2) is 7.42. The van der Waals surface area contributed by atoms with Crippen molar-refractivity contribution < 1.29 is 19.1 Å². The maximum absolute atomic E-state index is 12.4. The first-order valence-corrected chi connectivity index (χ1v) is 8.52. The van der Waals surface area contributed by atoms with Crippen molar-refractivity contribution in [1.82, 2.24) is 10.2 Å². The minimum atomic E-state index is -0.425. The molecule has 22 heavy (non-hydrogen) atoms. The van der Waals surface area contributed by atoms with Crippen molar-refractivity contribution >= 4 is 11.9 Å². The first kappa shape index (κ1) is 15.7. The summed E-state index contributed by atoms with van der Waals surface area (Å²) in [5, 5.41) is 3.14. The number of hydrogen-bond acceptors (Lipinski definition) is 5. The number of rotatable bonds is 6. The highest BCUT2D eigenvalue weighted by molar-refractivity contribution is 5.87. The van der Waals surface area contributed by atoms with Crippen molar-refractivity contribution in [3.63, 3.8) is 0 Å². The Kier molecular flexibility index (Phi) is 5.31. The third kappa shape index (κ3) is 3.98. The molecule has 6 heteroatoms. The number of esters is 1. The molecule has 2 aliphatic heterocycles. The van der Waals surface area contributed by atoms with E-state index in [0.717, 1.165) is 39.1 Å². The fourth-order valence-corrected chi connectivity index (χ4v) is 3.31. The van der Waals surface area contributed by atoms with E-state index in [0.29, 0.717) is 12.5 Å². The number of carbonyl (C=O) groups excluding carboxylic acids is 2. The molecule has 1 saturated carbocycles. The van der Waals surface area contributed by atoms with Gasteiger partial charge in [-0.3, -0.25) is 9.59 Å². The van der Waals surface area contributed by atoms with Crippen molar-refractivity contribution in [2.75, 3.05) is 32.8 Å². The molecule has 0 aromatic rings. The summed E-state index contributed by atoms with van der Waals surface area (Å²) in [4.78, 5) is 26.3. The van der Waals surface area contributed by atoms with Gasteiger partial charge in [0.1, 0.15) is 6.61 Å². The van der Waals surface area contributed by atoms with Crippen LogP contribution in [0.25, 0.3) is 0 Å². The van der Waals surface area contributed by atoms with Crippen LogP contribution in [0.5, 0.6) is 0 Å². The van der Waals surface area contributed by atoms with Gasteiger partial charge in [-0.1, -0.05) is 6.42 Å². The lowest BCUT2D eigenvalue weighted by Gasteiger charge is -2.37. The molecule has 1 aliphatic carbocycles. The molecule has 6 nitrogen and oxygen atoms in total. The average molecular weight is 310 g/mol. The van der Waals surface area contributed by atoms with E-state index in [4.69, 9.17) is 9.47 Å². The second-order valence-electron chi connectivity index (χ2n) is 6.61. The van der Waals surface area contributed by atoms with Gasteiger partial charge in [0.15, 0.2) is 0 Å². The monoisotopic (exact) mass is 310 g/mol. The molecule has 0 aromatic heterocycles. The topological polar surface area (TPSA) is 67.9 Å². The van der Waals surface area contributed by atoms with E-state index >= 15 is 0 Å². The van der Waals surface area contributed by atoms with Gasteiger partial charge >= 0.3 is 5.97 Å². The van der Waals surface area contributed by atoms with Gasteiger partial charge in [0, 0.05) is 26.2 Å². The van der Waals surface area contributed by atoms with E-state index in [1.54, 1.807) is 0 Å². The molecule has 0 bridgehead atoms. The third-order valence-corrected chi connectivity index (χ3v) is 4.91. The Bertz CT molecular complexity index is 405. The highest BCUT2D eigenvalue weighted by atomic mass is 16.6. The number of nitrogens with one attached hydrogen (secondary N) is 1. The van der Waals surface area contributed by atoms with Gasteiger partial charge in [-0.25, -0.2) is 0 Å². The second-order valence-corrected chi connectivity index (χ2v) is 6.61. The fraction of sp³-hybridized carbons (Fsp3) is 0.875. The lowest BCUT2D eigenvalue weighted by molar-refractivity contribution is -0.151. The van der Waals surface area contributed by atoms with Crippen molar-refractivity contribution in [3.05, 3.63) is 0 Å². The third-order valence-electron chi connectivity index (χ3n) is 4.91. The number of carbonyl (C=O) groups is 2. The van der Waals surface area contributed by atoms with E-state index in [9.17, 15) is 9.59 Å². The normalized spacial score (nSPS) is 29.5. The molecule has 2 saturated heterocycles. The van der Waals surface area contributed by atoms with Crippen LogP contribution in [0.2, 0.25) is 0 Å². The van der Waals surface area contributed by atoms with Crippen LogP contribution in [0.1, 0.15) is 38.5 Å². The van der Waals surface area contributed by atoms with E-state index < -0.39 is 6.04 Å². The van der Waals surface area contributed by atoms with Gasteiger partial charge in [-0.15, -0.1) is 0 Å². The maximum atomic E-state index is 12.4. The van der Waals surface area contributed by atoms with E-state index in [-0.39, 0.29) is 24.4 Å². The van der Waals surface area contributed by atoms with Crippen molar-refractivity contribution in [2.45, 2.75) is 50.7 Å². The van der Waals surface area contributed by atoms with Crippen molar-refractivity contribution in [3.8, 4) is 0 Å². The van der Waals surface area contributed by atoms with Gasteiger partial charge in [-0.2, -0.15) is 0 Å². The molecular weight excluding hydrogens is 284 g/mol. The minimum absolute atomic E-state index is 0.0362. The van der Waals surface area contributed by atoms with Crippen LogP contribution in [0.15, 0.2) is 0 Å². The van der Waals surface area contributed by atoms with Gasteiger partial charge in [0.05, 0.1) is 18.6 Å². The zero-order valence-electron chi connectivity index (χ0n) is 13.1. The molecule has 0 spiro atoms. The van der Waals surface area contributed by atoms with E-state index in [2.05, 4.69) is 5.32 Å². The summed E-state index contributed by atoms with van der Waals surface area (Å²) in [6.07, 6.45) is 5.87. The van der Waals surface area contributed by atoms with Crippen LogP contribution in [-0.4, -0.2) is 61.8 Å². The van der Waals surface area contributed by atoms with Crippen LogP contribution < -0.4 is 5.32 Å². The molecule has 2 atom stereocenters. The van der Waals surface area contributed by atoms with Crippen LogP contribution >= 0.6 is 0 Å². The number of nitrogens with zero attached hydrogens (tertiary/aromatic N) is 1. The Morgan fingerprint density at radius 1 is 1.32 bits per heavy atom. The smallest absolute Gasteiger partial charge is 0.308 e. The summed E-state index contributed by atoms with van der Waals surface area (Å²) in [5.41, 5.74) is 0. The first-order valence-electron chi connectivity index (χ1n) is 8.52. The molecular formula is C16H26N2O4. The molecule has 0 aromatic carbocycles. The Morgan fingerprint density at radius 3 is 2.86 bits per heavy atom. The standard InChI is InChI=1S/C16H26N2O4/c19-15(22-11-13-5-2-8-21-13)9-14-16(20)18(7-6-17-14)10-12-3-1-4-12/h12-14,17H,1-11H2. The lowest BCUT2D eigenvalue weighted by atomic mass is 9.85. The number of hydrogen-bond donors (Lipinski definition) is 1.